The predicted molar refractivity (Wildman–Crippen MR) is 140 cm³/mol. The molecular formula is C26H47N3O10. The van der Waals surface area contributed by atoms with Gasteiger partial charge in [-0.2, -0.15) is 0 Å². The van der Waals surface area contributed by atoms with Gasteiger partial charge >= 0.3 is 5.97 Å². The summed E-state index contributed by atoms with van der Waals surface area (Å²) in [6.07, 6.45) is -3.71. The zero-order valence-corrected chi connectivity index (χ0v) is 23.8. The lowest BCUT2D eigenvalue weighted by Crippen LogP contribution is -2.64. The fourth-order valence-corrected chi connectivity index (χ4v) is 4.56. The van der Waals surface area contributed by atoms with E-state index in [-0.39, 0.29) is 6.61 Å². The Kier molecular flexibility index (Phi) is 15.5. The molecule has 2 saturated heterocycles. The first-order valence-electron chi connectivity index (χ1n) is 14.1. The molecule has 4 unspecified atom stereocenters. The average Bonchev–Trinajstić information content (AvgIpc) is 2.89. The fourth-order valence-electron chi connectivity index (χ4n) is 4.56. The van der Waals surface area contributed by atoms with Crippen molar-refractivity contribution in [1.29, 1.82) is 0 Å². The summed E-state index contributed by atoms with van der Waals surface area (Å²) < 4.78 is 41.5. The van der Waals surface area contributed by atoms with Crippen LogP contribution in [0.5, 0.6) is 0 Å². The van der Waals surface area contributed by atoms with E-state index in [1.165, 1.54) is 6.92 Å². The number of unbranched alkanes of at least 4 members (excludes halogenated alkanes) is 3. The summed E-state index contributed by atoms with van der Waals surface area (Å²) in [5, 5.41) is 25.3. The predicted octanol–water partition coefficient (Wildman–Crippen LogP) is 2.99. The molecule has 0 spiro atoms. The molecule has 2 fully saturated rings. The van der Waals surface area contributed by atoms with Crippen molar-refractivity contribution in [1.82, 2.24) is 0 Å². The summed E-state index contributed by atoms with van der Waals surface area (Å²) in [5.74, 6) is -0.662. The van der Waals surface area contributed by atoms with E-state index in [1.807, 2.05) is 6.92 Å². The van der Waals surface area contributed by atoms with E-state index < -0.39 is 67.3 Å². The van der Waals surface area contributed by atoms with Crippen LogP contribution >= 0.6 is 0 Å². The maximum Gasteiger partial charge on any atom is 0.303 e. The van der Waals surface area contributed by atoms with E-state index in [0.717, 1.165) is 38.5 Å². The Morgan fingerprint density at radius 2 is 1.54 bits per heavy atom. The number of aliphatic hydroxyl groups excluding tert-OH is 2. The quantitative estimate of drug-likeness (QED) is 0.0884. The summed E-state index contributed by atoms with van der Waals surface area (Å²) in [6.45, 7) is 10.6. The number of nitrogens with zero attached hydrogens (tertiary/aromatic N) is 3. The van der Waals surface area contributed by atoms with Crippen LogP contribution in [0.15, 0.2) is 5.11 Å². The van der Waals surface area contributed by atoms with E-state index in [4.69, 9.17) is 38.7 Å². The third kappa shape index (κ3) is 10.1. The van der Waals surface area contributed by atoms with E-state index in [0.29, 0.717) is 19.8 Å². The Labute approximate surface area is 231 Å². The second kappa shape index (κ2) is 18.0. The van der Waals surface area contributed by atoms with Crippen LogP contribution < -0.4 is 0 Å². The maximum absolute atomic E-state index is 11.9. The lowest BCUT2D eigenvalue weighted by Gasteiger charge is -2.47. The summed E-state index contributed by atoms with van der Waals surface area (Å²) in [5.41, 5.74) is 9.02. The van der Waals surface area contributed by atoms with E-state index in [1.54, 1.807) is 6.92 Å². The molecule has 0 aliphatic carbocycles. The molecule has 0 bridgehead atoms. The number of esters is 1. The number of carbonyl (C=O) groups excluding carboxylic acids is 1. The number of aliphatic hydroxyl groups is 2. The molecule has 0 saturated carbocycles. The standard InChI is InChI=1S/C26H47N3O10/c1-6-9-12-33-15-18-22(34-13-10-7-2)24(35-14-11-8-3)20(31)26(38-18)39-21-16(4)36-25(32)19(28-29-27)23(21)37-17(5)30/h16,18-26,31-32H,6-15H2,1-5H3/t16?,18?,19-,20-,21+,22+,23?,24?,25+,26-/m0/s1. The lowest BCUT2D eigenvalue weighted by atomic mass is 9.96. The van der Waals surface area contributed by atoms with Crippen molar-refractivity contribution in [2.45, 2.75) is 134 Å². The molecule has 13 heteroatoms. The summed E-state index contributed by atoms with van der Waals surface area (Å²) >= 11 is 0. The SMILES string of the molecule is CCCCOCC1O[C@@H](O[C@@H]2C(C)O[C@@H](O)[C@@H](N=[N+]=[N-])C2OC(C)=O)[C@@H](O)C(OCCCC)[C@@H]1OCCCC. The summed E-state index contributed by atoms with van der Waals surface area (Å²) in [7, 11) is 0. The molecule has 13 nitrogen and oxygen atoms in total. The van der Waals surface area contributed by atoms with Crippen LogP contribution in [-0.2, 0) is 38.0 Å². The van der Waals surface area contributed by atoms with Crippen molar-refractivity contribution in [3.8, 4) is 0 Å². The molecule has 0 aromatic rings. The number of rotatable bonds is 17. The van der Waals surface area contributed by atoms with Crippen molar-refractivity contribution in [2.24, 2.45) is 5.11 Å². The Bertz CT molecular complexity index is 755. The lowest BCUT2D eigenvalue weighted by molar-refractivity contribution is -0.349. The third-order valence-corrected chi connectivity index (χ3v) is 6.70. The van der Waals surface area contributed by atoms with Crippen LogP contribution in [-0.4, -0.2) is 104 Å². The fraction of sp³-hybridized carbons (Fsp3) is 0.962. The highest BCUT2D eigenvalue weighted by Crippen LogP contribution is 2.33. The smallest absolute Gasteiger partial charge is 0.303 e. The Morgan fingerprint density at radius 1 is 0.923 bits per heavy atom. The van der Waals surface area contributed by atoms with Gasteiger partial charge in [0.25, 0.3) is 0 Å². The molecule has 2 rings (SSSR count). The van der Waals surface area contributed by atoms with E-state index in [2.05, 4.69) is 23.9 Å². The minimum Gasteiger partial charge on any atom is -0.459 e. The molecule has 0 amide bonds. The van der Waals surface area contributed by atoms with Gasteiger partial charge in [0.1, 0.15) is 42.7 Å². The van der Waals surface area contributed by atoms with Gasteiger partial charge < -0.3 is 43.4 Å². The van der Waals surface area contributed by atoms with Crippen LogP contribution in [0.3, 0.4) is 0 Å². The molecule has 0 aromatic carbocycles. The number of ether oxygens (including phenoxy) is 7. The average molecular weight is 562 g/mol. The van der Waals surface area contributed by atoms with Crippen molar-refractivity contribution < 1.29 is 48.2 Å². The summed E-state index contributed by atoms with van der Waals surface area (Å²) in [6, 6.07) is -1.27. The Hall–Kier alpha value is -1.54. The van der Waals surface area contributed by atoms with Crippen LogP contribution in [0.1, 0.15) is 73.1 Å². The highest BCUT2D eigenvalue weighted by molar-refractivity contribution is 5.66. The topological polar surface area (TPSA) is 171 Å². The minimum atomic E-state index is -1.52. The van der Waals surface area contributed by atoms with Crippen molar-refractivity contribution >= 4 is 5.97 Å². The third-order valence-electron chi connectivity index (χ3n) is 6.70. The van der Waals surface area contributed by atoms with Gasteiger partial charge in [0.15, 0.2) is 12.6 Å². The van der Waals surface area contributed by atoms with Crippen LogP contribution in [0.4, 0.5) is 0 Å². The van der Waals surface area contributed by atoms with Crippen LogP contribution in [0, 0.1) is 0 Å². The van der Waals surface area contributed by atoms with E-state index in [9.17, 15) is 15.0 Å². The second-order valence-corrected chi connectivity index (χ2v) is 9.94. The Morgan fingerprint density at radius 3 is 2.13 bits per heavy atom. The molecule has 10 atom stereocenters. The number of azide groups is 1. The molecular weight excluding hydrogens is 514 g/mol. The van der Waals surface area contributed by atoms with Crippen molar-refractivity contribution in [3.05, 3.63) is 10.4 Å². The molecule has 0 aromatic heterocycles. The van der Waals surface area contributed by atoms with Crippen LogP contribution in [0.25, 0.3) is 10.4 Å². The molecule has 2 heterocycles. The molecule has 226 valence electrons. The largest absolute Gasteiger partial charge is 0.459 e. The molecule has 2 aliphatic heterocycles. The number of hydrogen-bond acceptors (Lipinski definition) is 11. The first-order chi connectivity index (χ1) is 18.8. The van der Waals surface area contributed by atoms with Crippen molar-refractivity contribution in [3.63, 3.8) is 0 Å². The van der Waals surface area contributed by atoms with Gasteiger partial charge in [-0.1, -0.05) is 45.1 Å². The molecule has 39 heavy (non-hydrogen) atoms. The van der Waals surface area contributed by atoms with Crippen molar-refractivity contribution in [2.75, 3.05) is 26.4 Å². The normalized spacial score (nSPS) is 34.8. The van der Waals surface area contributed by atoms with Gasteiger partial charge in [-0.15, -0.1) is 0 Å². The molecule has 0 radical (unpaired) electrons. The monoisotopic (exact) mass is 561 g/mol. The molecule has 2 N–H and O–H groups in total. The summed E-state index contributed by atoms with van der Waals surface area (Å²) in [4.78, 5) is 14.7. The minimum absolute atomic E-state index is 0.196. The zero-order valence-electron chi connectivity index (χ0n) is 23.8. The number of hydrogen-bond donors (Lipinski definition) is 2. The number of carbonyl (C=O) groups is 1. The maximum atomic E-state index is 11.9. The van der Waals surface area contributed by atoms with Gasteiger partial charge in [-0.3, -0.25) is 4.79 Å². The first kappa shape index (κ1) is 33.7. The Balaban J connectivity index is 2.34. The highest BCUT2D eigenvalue weighted by atomic mass is 16.7. The van der Waals surface area contributed by atoms with Gasteiger partial charge in [-0.05, 0) is 31.7 Å². The van der Waals surface area contributed by atoms with Gasteiger partial charge in [0, 0.05) is 31.7 Å². The zero-order chi connectivity index (χ0) is 28.8. The van der Waals surface area contributed by atoms with Gasteiger partial charge in [0.05, 0.1) is 12.7 Å². The first-order valence-corrected chi connectivity index (χ1v) is 14.1. The molecule has 2 aliphatic rings. The van der Waals surface area contributed by atoms with Crippen LogP contribution in [0.2, 0.25) is 0 Å². The van der Waals surface area contributed by atoms with Gasteiger partial charge in [0.2, 0.25) is 0 Å². The highest BCUT2D eigenvalue weighted by Gasteiger charge is 2.52. The second-order valence-electron chi connectivity index (χ2n) is 9.94. The van der Waals surface area contributed by atoms with Gasteiger partial charge in [-0.25, -0.2) is 0 Å². The van der Waals surface area contributed by atoms with E-state index >= 15 is 0 Å².